The van der Waals surface area contributed by atoms with Crippen molar-refractivity contribution in [3.8, 4) is 0 Å². The van der Waals surface area contributed by atoms with E-state index >= 15 is 0 Å². The van der Waals surface area contributed by atoms with Crippen LogP contribution in [-0.2, 0) is 14.3 Å². The van der Waals surface area contributed by atoms with E-state index in [-0.39, 0.29) is 40.8 Å². The molecule has 0 radical (unpaired) electrons. The van der Waals surface area contributed by atoms with E-state index in [1.807, 2.05) is 0 Å². The molecular formula is C49H89N3O4. The third-order valence-corrected chi connectivity index (χ3v) is 17.1. The van der Waals surface area contributed by atoms with Gasteiger partial charge in [0.05, 0.1) is 6.10 Å². The van der Waals surface area contributed by atoms with Crippen molar-refractivity contribution in [3.63, 3.8) is 0 Å². The molecule has 0 spiro atoms. The van der Waals surface area contributed by atoms with Crippen LogP contribution in [0.15, 0.2) is 0 Å². The van der Waals surface area contributed by atoms with Gasteiger partial charge in [-0.15, -0.1) is 0 Å². The summed E-state index contributed by atoms with van der Waals surface area (Å²) in [6.07, 6.45) is 27.7. The molecule has 1 saturated heterocycles. The normalized spacial score (nSPS) is 35.3. The maximum Gasteiger partial charge on any atom is 0.306 e. The monoisotopic (exact) mass is 784 g/mol. The topological polar surface area (TPSA) is 82.1 Å². The number of nitrogens with one attached hydrogen (secondary N) is 1. The van der Waals surface area contributed by atoms with Crippen LogP contribution in [0.25, 0.3) is 0 Å². The second kappa shape index (κ2) is 22.4. The van der Waals surface area contributed by atoms with Crippen molar-refractivity contribution in [1.29, 1.82) is 0 Å². The minimum Gasteiger partial charge on any atom is -0.462 e. The fourth-order valence-corrected chi connectivity index (χ4v) is 13.6. The molecule has 7 nitrogen and oxygen atoms in total. The van der Waals surface area contributed by atoms with Crippen LogP contribution in [0.1, 0.15) is 189 Å². The van der Waals surface area contributed by atoms with E-state index in [1.54, 1.807) is 0 Å². The van der Waals surface area contributed by atoms with Gasteiger partial charge in [-0.2, -0.15) is 0 Å². The fourth-order valence-electron chi connectivity index (χ4n) is 13.6. The first-order chi connectivity index (χ1) is 27.0. The molecule has 56 heavy (non-hydrogen) atoms. The molecule has 5 aliphatic rings. The number of ether oxygens (including phenoxy) is 1. The first kappa shape index (κ1) is 45.9. The van der Waals surface area contributed by atoms with Gasteiger partial charge in [0.25, 0.3) is 0 Å². The van der Waals surface area contributed by atoms with Crippen molar-refractivity contribution in [2.24, 2.45) is 52.3 Å². The van der Waals surface area contributed by atoms with Crippen LogP contribution in [0.4, 0.5) is 0 Å². The Morgan fingerprint density at radius 2 is 1.39 bits per heavy atom. The van der Waals surface area contributed by atoms with Crippen molar-refractivity contribution < 1.29 is 19.4 Å². The Labute approximate surface area is 345 Å². The predicted octanol–water partition coefficient (Wildman–Crippen LogP) is 10.4. The number of likely N-dealkylation sites (N-methyl/N-ethyl adjacent to an activating group) is 1. The average molecular weight is 784 g/mol. The summed E-state index contributed by atoms with van der Waals surface area (Å²) in [5.41, 5.74) is 0.441. The van der Waals surface area contributed by atoms with Gasteiger partial charge >= 0.3 is 5.97 Å². The molecule has 11 atom stereocenters. The number of fused-ring (bicyclic) bond motifs is 5. The Morgan fingerprint density at radius 3 is 2.05 bits per heavy atom. The highest BCUT2D eigenvalue weighted by atomic mass is 16.5. The second-order valence-electron chi connectivity index (χ2n) is 20.6. The average Bonchev–Trinajstić information content (AvgIpc) is 3.54. The molecule has 5 fully saturated rings. The van der Waals surface area contributed by atoms with Gasteiger partial charge in [0.1, 0.15) is 6.10 Å². The van der Waals surface area contributed by atoms with Crippen LogP contribution in [0.2, 0.25) is 0 Å². The standard InChI is InChI=1S/C49H89N3O4/c1-7-9-10-11-12-13-14-15-16-17-18-19-30-50-44(53)25-22-37(3)40-23-24-41-46-42(27-29-48(40,41)4)49(5)28-26-38(36-43(49)39(8-2)47(46)55)56-45(54)21-20-31-52-34-32-51(6)33-35-52/h37-43,46-47,55H,7-36H2,1-6H3,(H,50,53)/t37-,38-,39-,40-,41+,42+,43+,46+,47-,48-,49-/m1/s1. The van der Waals surface area contributed by atoms with E-state index in [0.717, 1.165) is 84.2 Å². The molecule has 4 aliphatic carbocycles. The number of aliphatic hydroxyl groups is 1. The lowest BCUT2D eigenvalue weighted by atomic mass is 9.41. The van der Waals surface area contributed by atoms with Crippen molar-refractivity contribution in [1.82, 2.24) is 15.1 Å². The van der Waals surface area contributed by atoms with Crippen molar-refractivity contribution in [2.75, 3.05) is 46.3 Å². The van der Waals surface area contributed by atoms with Gasteiger partial charge in [-0.3, -0.25) is 9.59 Å². The van der Waals surface area contributed by atoms with Crippen LogP contribution >= 0.6 is 0 Å². The minimum atomic E-state index is -0.272. The molecular weight excluding hydrogens is 695 g/mol. The number of carbonyl (C=O) groups excluding carboxylic acids is 2. The molecule has 0 unspecified atom stereocenters. The van der Waals surface area contributed by atoms with Gasteiger partial charge in [0, 0.05) is 45.6 Å². The number of amides is 1. The largest absolute Gasteiger partial charge is 0.462 e. The molecule has 1 amide bonds. The number of piperazine rings is 1. The number of aliphatic hydroxyl groups excluding tert-OH is 1. The molecule has 5 rings (SSSR count). The van der Waals surface area contributed by atoms with E-state index in [1.165, 1.54) is 96.3 Å². The molecule has 1 aliphatic heterocycles. The highest BCUT2D eigenvalue weighted by Gasteiger charge is 2.65. The maximum atomic E-state index is 13.0. The number of carbonyl (C=O) groups is 2. The Bertz CT molecular complexity index is 1170. The van der Waals surface area contributed by atoms with Crippen LogP contribution in [0.3, 0.4) is 0 Å². The molecule has 0 aromatic heterocycles. The highest BCUT2D eigenvalue weighted by Crippen LogP contribution is 2.69. The van der Waals surface area contributed by atoms with Gasteiger partial charge in [-0.05, 0) is 130 Å². The Balaban J connectivity index is 1.03. The number of nitrogens with zero attached hydrogens (tertiary/aromatic N) is 2. The summed E-state index contributed by atoms with van der Waals surface area (Å²) < 4.78 is 6.21. The predicted molar refractivity (Wildman–Crippen MR) is 231 cm³/mol. The number of rotatable bonds is 23. The quantitative estimate of drug-likeness (QED) is 0.0793. The zero-order chi connectivity index (χ0) is 40.1. The molecule has 2 N–H and O–H groups in total. The second-order valence-corrected chi connectivity index (χ2v) is 20.6. The van der Waals surface area contributed by atoms with Crippen molar-refractivity contribution >= 4 is 11.9 Å². The highest BCUT2D eigenvalue weighted by molar-refractivity contribution is 5.75. The van der Waals surface area contributed by atoms with Gasteiger partial charge in [0.15, 0.2) is 0 Å². The fraction of sp³-hybridized carbons (Fsp3) is 0.959. The summed E-state index contributed by atoms with van der Waals surface area (Å²) in [5.74, 6) is 3.52. The van der Waals surface area contributed by atoms with Gasteiger partial charge in [-0.25, -0.2) is 0 Å². The van der Waals surface area contributed by atoms with Gasteiger partial charge < -0.3 is 25.0 Å². The number of esters is 1. The first-order valence-electron chi connectivity index (χ1n) is 24.6. The smallest absolute Gasteiger partial charge is 0.306 e. The summed E-state index contributed by atoms with van der Waals surface area (Å²) in [4.78, 5) is 30.8. The van der Waals surface area contributed by atoms with Gasteiger partial charge in [-0.1, -0.05) is 112 Å². The SMILES string of the molecule is CCCCCCCCCCCCCCNC(=O)CC[C@@H](C)[C@H]1CC[C@H]2[C@@H]3[C@H](O)[C@H](CC)[C@@H]4C[C@H](OC(=O)CCCN5CCN(C)CC5)CC[C@]4(C)[C@H]3CC[C@]12C. The Kier molecular flexibility index (Phi) is 18.4. The van der Waals surface area contributed by atoms with Crippen molar-refractivity contribution in [3.05, 3.63) is 0 Å². The third-order valence-electron chi connectivity index (χ3n) is 17.1. The number of hydrogen-bond acceptors (Lipinski definition) is 6. The Hall–Kier alpha value is -1.18. The molecule has 7 heteroatoms. The lowest BCUT2D eigenvalue weighted by molar-refractivity contribution is -0.207. The summed E-state index contributed by atoms with van der Waals surface area (Å²) >= 11 is 0. The van der Waals surface area contributed by atoms with Crippen LogP contribution < -0.4 is 5.32 Å². The number of unbranched alkanes of at least 4 members (excludes halogenated alkanes) is 11. The van der Waals surface area contributed by atoms with Crippen LogP contribution in [0, 0.1) is 52.3 Å². The van der Waals surface area contributed by atoms with E-state index in [0.29, 0.717) is 48.3 Å². The van der Waals surface area contributed by atoms with Crippen LogP contribution in [-0.4, -0.2) is 85.3 Å². The van der Waals surface area contributed by atoms with E-state index in [2.05, 4.69) is 56.8 Å². The van der Waals surface area contributed by atoms with E-state index < -0.39 is 0 Å². The molecule has 324 valence electrons. The lowest BCUT2D eigenvalue weighted by Crippen LogP contribution is -2.62. The zero-order valence-corrected chi connectivity index (χ0v) is 37.5. The van der Waals surface area contributed by atoms with E-state index in [4.69, 9.17) is 4.74 Å². The maximum absolute atomic E-state index is 13.0. The summed E-state index contributed by atoms with van der Waals surface area (Å²) in [5, 5.41) is 15.6. The third kappa shape index (κ3) is 11.8. The summed E-state index contributed by atoms with van der Waals surface area (Å²) in [7, 11) is 2.18. The van der Waals surface area contributed by atoms with Gasteiger partial charge in [0.2, 0.25) is 5.91 Å². The zero-order valence-electron chi connectivity index (χ0n) is 37.5. The molecule has 0 aromatic rings. The number of hydrogen-bond donors (Lipinski definition) is 2. The summed E-state index contributed by atoms with van der Waals surface area (Å²) in [6.45, 7) is 18.3. The molecule has 0 bridgehead atoms. The Morgan fingerprint density at radius 1 is 0.768 bits per heavy atom. The first-order valence-corrected chi connectivity index (χ1v) is 24.6. The van der Waals surface area contributed by atoms with E-state index in [9.17, 15) is 14.7 Å². The summed E-state index contributed by atoms with van der Waals surface area (Å²) in [6, 6.07) is 0. The van der Waals surface area contributed by atoms with Crippen LogP contribution in [0.5, 0.6) is 0 Å². The molecule has 4 saturated carbocycles. The lowest BCUT2D eigenvalue weighted by Gasteiger charge is -2.65. The molecule has 0 aromatic carbocycles. The minimum absolute atomic E-state index is 0.00526. The van der Waals surface area contributed by atoms with Crippen molar-refractivity contribution in [2.45, 2.75) is 201 Å². The molecule has 1 heterocycles.